The Labute approximate surface area is 143 Å². The van der Waals surface area contributed by atoms with Gasteiger partial charge in [-0.15, -0.1) is 0 Å². The van der Waals surface area contributed by atoms with Crippen LogP contribution in [0.1, 0.15) is 32.6 Å². The van der Waals surface area contributed by atoms with Crippen LogP contribution >= 0.6 is 0 Å². The first-order chi connectivity index (χ1) is 11.8. The predicted molar refractivity (Wildman–Crippen MR) is 96.6 cm³/mol. The fourth-order valence-corrected chi connectivity index (χ4v) is 2.22. The molecule has 24 heavy (non-hydrogen) atoms. The van der Waals surface area contributed by atoms with Crippen LogP contribution < -0.4 is 14.8 Å². The van der Waals surface area contributed by atoms with Crippen molar-refractivity contribution >= 4 is 11.6 Å². The maximum absolute atomic E-state index is 11.9. The summed E-state index contributed by atoms with van der Waals surface area (Å²) < 4.78 is 11.1. The second kappa shape index (κ2) is 10.3. The first-order valence-electron chi connectivity index (χ1n) is 8.48. The zero-order valence-corrected chi connectivity index (χ0v) is 14.2. The summed E-state index contributed by atoms with van der Waals surface area (Å²) in [5, 5.41) is 2.80. The maximum atomic E-state index is 11.9. The van der Waals surface area contributed by atoms with Gasteiger partial charge in [-0.25, -0.2) is 0 Å². The van der Waals surface area contributed by atoms with Gasteiger partial charge in [0, 0.05) is 5.69 Å². The van der Waals surface area contributed by atoms with Crippen molar-refractivity contribution in [1.29, 1.82) is 0 Å². The smallest absolute Gasteiger partial charge is 0.262 e. The lowest BCUT2D eigenvalue weighted by Crippen LogP contribution is -2.20. The van der Waals surface area contributed by atoms with Gasteiger partial charge in [-0.3, -0.25) is 4.79 Å². The first kappa shape index (κ1) is 17.9. The van der Waals surface area contributed by atoms with Crippen LogP contribution in [0, 0.1) is 0 Å². The maximum Gasteiger partial charge on any atom is 0.262 e. The van der Waals surface area contributed by atoms with Gasteiger partial charge in [0.25, 0.3) is 5.91 Å². The highest BCUT2D eigenvalue weighted by atomic mass is 16.5. The van der Waals surface area contributed by atoms with Gasteiger partial charge in [-0.2, -0.15) is 0 Å². The molecule has 0 unspecified atom stereocenters. The third-order valence-electron chi connectivity index (χ3n) is 3.52. The second-order valence-electron chi connectivity index (χ2n) is 5.58. The number of amides is 1. The van der Waals surface area contributed by atoms with Crippen molar-refractivity contribution in [3.05, 3.63) is 54.6 Å². The van der Waals surface area contributed by atoms with E-state index in [1.807, 2.05) is 54.6 Å². The lowest BCUT2D eigenvalue weighted by atomic mass is 10.2. The summed E-state index contributed by atoms with van der Waals surface area (Å²) in [4.78, 5) is 11.9. The van der Waals surface area contributed by atoms with E-state index in [1.165, 1.54) is 19.3 Å². The first-order valence-corrected chi connectivity index (χ1v) is 8.48. The molecule has 0 heterocycles. The van der Waals surface area contributed by atoms with Crippen molar-refractivity contribution < 1.29 is 14.3 Å². The summed E-state index contributed by atoms with van der Waals surface area (Å²) in [7, 11) is 0. The SMILES string of the molecule is CCCCCCOc1ccc(NC(=O)COc2ccccc2)cc1. The third-order valence-corrected chi connectivity index (χ3v) is 3.52. The van der Waals surface area contributed by atoms with Crippen LogP contribution in [0.3, 0.4) is 0 Å². The van der Waals surface area contributed by atoms with Crippen LogP contribution in [0.15, 0.2) is 54.6 Å². The van der Waals surface area contributed by atoms with E-state index in [2.05, 4.69) is 12.2 Å². The number of anilines is 1. The summed E-state index contributed by atoms with van der Waals surface area (Å²) in [6, 6.07) is 16.7. The number of ether oxygens (including phenoxy) is 2. The van der Waals surface area contributed by atoms with Crippen LogP contribution in [-0.4, -0.2) is 19.1 Å². The molecule has 1 amide bonds. The average Bonchev–Trinajstić information content (AvgIpc) is 2.62. The standard InChI is InChI=1S/C20H25NO3/c1-2-3-4-8-15-23-19-13-11-17(12-14-19)21-20(22)16-24-18-9-6-5-7-10-18/h5-7,9-14H,2-4,8,15-16H2,1H3,(H,21,22). The molecule has 0 saturated heterocycles. The Kier molecular flexibility index (Phi) is 7.68. The van der Waals surface area contributed by atoms with E-state index in [9.17, 15) is 4.79 Å². The zero-order chi connectivity index (χ0) is 17.0. The van der Waals surface area contributed by atoms with Crippen LogP contribution in [0.25, 0.3) is 0 Å². The Morgan fingerprint density at radius 1 is 0.875 bits per heavy atom. The minimum Gasteiger partial charge on any atom is -0.494 e. The Morgan fingerprint density at radius 2 is 1.58 bits per heavy atom. The molecular formula is C20H25NO3. The third kappa shape index (κ3) is 6.73. The highest BCUT2D eigenvalue weighted by molar-refractivity contribution is 5.91. The molecule has 2 aromatic carbocycles. The minimum absolute atomic E-state index is 0.0142. The molecule has 1 N–H and O–H groups in total. The lowest BCUT2D eigenvalue weighted by Gasteiger charge is -2.09. The molecule has 0 atom stereocenters. The van der Waals surface area contributed by atoms with Gasteiger partial charge in [0.1, 0.15) is 11.5 Å². The van der Waals surface area contributed by atoms with E-state index in [4.69, 9.17) is 9.47 Å². The number of hydrogen-bond donors (Lipinski definition) is 1. The number of hydrogen-bond acceptors (Lipinski definition) is 3. The van der Waals surface area contributed by atoms with Crippen molar-refractivity contribution in [3.8, 4) is 11.5 Å². The summed E-state index contributed by atoms with van der Waals surface area (Å²) in [5.41, 5.74) is 0.731. The fourth-order valence-electron chi connectivity index (χ4n) is 2.22. The van der Waals surface area contributed by atoms with E-state index in [0.29, 0.717) is 5.75 Å². The predicted octanol–water partition coefficient (Wildman–Crippen LogP) is 4.66. The Hall–Kier alpha value is -2.49. The van der Waals surface area contributed by atoms with Crippen molar-refractivity contribution in [3.63, 3.8) is 0 Å². The Morgan fingerprint density at radius 3 is 2.29 bits per heavy atom. The van der Waals surface area contributed by atoms with Gasteiger partial charge >= 0.3 is 0 Å². The molecule has 2 rings (SSSR count). The number of para-hydroxylation sites is 1. The molecule has 0 bridgehead atoms. The molecule has 0 saturated carbocycles. The van der Waals surface area contributed by atoms with E-state index in [1.54, 1.807) is 0 Å². The molecule has 4 heteroatoms. The van der Waals surface area contributed by atoms with Crippen LogP contribution in [0.2, 0.25) is 0 Å². The quantitative estimate of drug-likeness (QED) is 0.645. The molecule has 2 aromatic rings. The molecule has 0 radical (unpaired) electrons. The Bertz CT molecular complexity index is 596. The number of unbranched alkanes of at least 4 members (excludes halogenated alkanes) is 3. The summed E-state index contributed by atoms with van der Waals surface area (Å²) in [6.07, 6.45) is 4.75. The van der Waals surface area contributed by atoms with E-state index < -0.39 is 0 Å². The number of carbonyl (C=O) groups excluding carboxylic acids is 1. The summed E-state index contributed by atoms with van der Waals surface area (Å²) >= 11 is 0. The van der Waals surface area contributed by atoms with Crippen molar-refractivity contribution in [2.24, 2.45) is 0 Å². The molecule has 0 aromatic heterocycles. The zero-order valence-electron chi connectivity index (χ0n) is 14.2. The molecule has 0 aliphatic carbocycles. The van der Waals surface area contributed by atoms with Crippen molar-refractivity contribution in [2.75, 3.05) is 18.5 Å². The van der Waals surface area contributed by atoms with Crippen molar-refractivity contribution in [2.45, 2.75) is 32.6 Å². The second-order valence-corrected chi connectivity index (χ2v) is 5.58. The van der Waals surface area contributed by atoms with Crippen LogP contribution in [0.5, 0.6) is 11.5 Å². The fraction of sp³-hybridized carbons (Fsp3) is 0.350. The van der Waals surface area contributed by atoms with E-state index in [0.717, 1.165) is 24.5 Å². The number of benzene rings is 2. The topological polar surface area (TPSA) is 47.6 Å². The molecule has 128 valence electrons. The minimum atomic E-state index is -0.188. The Balaban J connectivity index is 1.69. The normalized spacial score (nSPS) is 10.2. The molecule has 4 nitrogen and oxygen atoms in total. The number of carbonyl (C=O) groups is 1. The number of nitrogens with one attached hydrogen (secondary N) is 1. The molecule has 0 aliphatic heterocycles. The van der Waals surface area contributed by atoms with Gasteiger partial charge < -0.3 is 14.8 Å². The molecular weight excluding hydrogens is 302 g/mol. The van der Waals surface area contributed by atoms with E-state index >= 15 is 0 Å². The monoisotopic (exact) mass is 327 g/mol. The van der Waals surface area contributed by atoms with Crippen LogP contribution in [-0.2, 0) is 4.79 Å². The summed E-state index contributed by atoms with van der Waals surface area (Å²) in [5.74, 6) is 1.32. The van der Waals surface area contributed by atoms with Gasteiger partial charge in [-0.05, 0) is 42.8 Å². The lowest BCUT2D eigenvalue weighted by molar-refractivity contribution is -0.118. The average molecular weight is 327 g/mol. The summed E-state index contributed by atoms with van der Waals surface area (Å²) in [6.45, 7) is 2.91. The molecule has 0 aliphatic rings. The van der Waals surface area contributed by atoms with Crippen molar-refractivity contribution in [1.82, 2.24) is 0 Å². The number of rotatable bonds is 10. The molecule has 0 spiro atoms. The van der Waals surface area contributed by atoms with Gasteiger partial charge in [0.2, 0.25) is 0 Å². The highest BCUT2D eigenvalue weighted by Gasteiger charge is 2.04. The van der Waals surface area contributed by atoms with Gasteiger partial charge in [-0.1, -0.05) is 44.4 Å². The van der Waals surface area contributed by atoms with E-state index in [-0.39, 0.29) is 12.5 Å². The van der Waals surface area contributed by atoms with Gasteiger partial charge in [0.15, 0.2) is 6.61 Å². The van der Waals surface area contributed by atoms with Crippen LogP contribution in [0.4, 0.5) is 5.69 Å². The largest absolute Gasteiger partial charge is 0.494 e. The van der Waals surface area contributed by atoms with Gasteiger partial charge in [0.05, 0.1) is 6.61 Å². The molecule has 0 fully saturated rings. The highest BCUT2D eigenvalue weighted by Crippen LogP contribution is 2.16.